The van der Waals surface area contributed by atoms with E-state index in [-0.39, 0.29) is 5.91 Å². The van der Waals surface area contributed by atoms with E-state index in [9.17, 15) is 4.79 Å². The van der Waals surface area contributed by atoms with Crippen molar-refractivity contribution >= 4 is 15.0 Å². The lowest BCUT2D eigenvalue weighted by Crippen LogP contribution is -2.48. The molecular weight excluding hydrogens is 302 g/mol. The molecule has 0 aromatic heterocycles. The van der Waals surface area contributed by atoms with Crippen molar-refractivity contribution in [1.29, 1.82) is 0 Å². The molecule has 0 radical (unpaired) electrons. The molecule has 23 heavy (non-hydrogen) atoms. The maximum absolute atomic E-state index is 11.1. The van der Waals surface area contributed by atoms with Crippen molar-refractivity contribution in [3.8, 4) is 0 Å². The third kappa shape index (κ3) is 13.7. The predicted octanol–water partition coefficient (Wildman–Crippen LogP) is 3.59. The molecule has 0 saturated heterocycles. The van der Waals surface area contributed by atoms with Gasteiger partial charge in [-0.15, -0.1) is 0 Å². The Kier molecular flexibility index (Phi) is 14.9. The molecule has 0 heterocycles. The van der Waals surface area contributed by atoms with Crippen LogP contribution in [-0.4, -0.2) is 27.6 Å². The fourth-order valence-corrected chi connectivity index (χ4v) is 4.23. The molecule has 0 aromatic carbocycles. The quantitative estimate of drug-likeness (QED) is 0.314. The van der Waals surface area contributed by atoms with E-state index >= 15 is 0 Å². The van der Waals surface area contributed by atoms with E-state index in [1.807, 2.05) is 0 Å². The van der Waals surface area contributed by atoms with Gasteiger partial charge >= 0.3 is 0 Å². The maximum Gasteiger partial charge on any atom is 0.215 e. The van der Waals surface area contributed by atoms with Gasteiger partial charge in [-0.05, 0) is 37.8 Å². The molecule has 4 N–H and O–H groups in total. The summed E-state index contributed by atoms with van der Waals surface area (Å²) in [6.45, 7) is 9.39. The summed E-state index contributed by atoms with van der Waals surface area (Å²) in [6, 6.07) is 0.608. The number of nitrogens with one attached hydrogen (secondary N) is 2. The standard InChI is InChI=1S/C18H41N3OSi/c1-5-7-8-9-10-11-15-20-18(12-6-2)14-13-16(3)23(19)21-17(4)22/h16,18,20,23H,5-15,19H2,1-4H3,(H,21,22). The maximum atomic E-state index is 11.1. The lowest BCUT2D eigenvalue weighted by molar-refractivity contribution is -0.117. The third-order valence-corrected chi connectivity index (χ3v) is 6.85. The van der Waals surface area contributed by atoms with Gasteiger partial charge in [0.2, 0.25) is 15.0 Å². The summed E-state index contributed by atoms with van der Waals surface area (Å²) in [5.41, 5.74) is 0.453. The number of rotatable bonds is 15. The summed E-state index contributed by atoms with van der Waals surface area (Å²) in [6.07, 6.45) is 12.8. The van der Waals surface area contributed by atoms with Crippen LogP contribution in [0.5, 0.6) is 0 Å². The van der Waals surface area contributed by atoms with E-state index in [1.165, 1.54) is 57.8 Å². The fourth-order valence-electron chi connectivity index (χ4n) is 2.93. The van der Waals surface area contributed by atoms with Gasteiger partial charge in [-0.25, -0.2) is 0 Å². The first-order chi connectivity index (χ1) is 11.0. The van der Waals surface area contributed by atoms with E-state index in [1.54, 1.807) is 6.92 Å². The first-order valence-electron chi connectivity index (χ1n) is 9.77. The number of hydrogen-bond acceptors (Lipinski definition) is 3. The minimum absolute atomic E-state index is 0.0160. The van der Waals surface area contributed by atoms with Crippen LogP contribution in [0.15, 0.2) is 0 Å². The molecule has 0 aromatic rings. The lowest BCUT2D eigenvalue weighted by atomic mass is 10.0. The third-order valence-electron chi connectivity index (χ3n) is 4.55. The zero-order valence-electron chi connectivity index (χ0n) is 16.0. The molecule has 0 bridgehead atoms. The monoisotopic (exact) mass is 343 g/mol. The SMILES string of the molecule is CCCCCCCCNC(CCC)CCC(C)[SiH](N)NC(C)=O. The van der Waals surface area contributed by atoms with Crippen LogP contribution < -0.4 is 15.7 Å². The Morgan fingerprint density at radius 1 is 1.00 bits per heavy atom. The molecular formula is C18H41N3OSi. The second kappa shape index (κ2) is 15.2. The zero-order chi connectivity index (χ0) is 17.5. The summed E-state index contributed by atoms with van der Waals surface area (Å²) in [5.74, 6) is 0.0160. The van der Waals surface area contributed by atoms with Crippen molar-refractivity contribution < 1.29 is 4.79 Å². The molecule has 0 fully saturated rings. The smallest absolute Gasteiger partial charge is 0.215 e. The van der Waals surface area contributed by atoms with Gasteiger partial charge in [0, 0.05) is 13.0 Å². The van der Waals surface area contributed by atoms with Gasteiger partial charge in [0.05, 0.1) is 0 Å². The van der Waals surface area contributed by atoms with Crippen LogP contribution >= 0.6 is 0 Å². The minimum atomic E-state index is -1.61. The Balaban J connectivity index is 3.86. The molecule has 3 unspecified atom stereocenters. The van der Waals surface area contributed by atoms with Crippen molar-refractivity contribution in [2.24, 2.45) is 5.40 Å². The number of unbranched alkanes of at least 4 members (excludes halogenated alkanes) is 5. The molecule has 0 saturated carbocycles. The highest BCUT2D eigenvalue weighted by Crippen LogP contribution is 2.16. The number of hydrogen-bond donors (Lipinski definition) is 3. The normalized spacial score (nSPS) is 15.2. The highest BCUT2D eigenvalue weighted by Gasteiger charge is 2.18. The molecule has 4 nitrogen and oxygen atoms in total. The Hall–Kier alpha value is -0.393. The van der Waals surface area contributed by atoms with E-state index in [0.29, 0.717) is 11.6 Å². The van der Waals surface area contributed by atoms with Gasteiger partial charge in [0.25, 0.3) is 0 Å². The average Bonchev–Trinajstić information content (AvgIpc) is 2.50. The first-order valence-corrected chi connectivity index (χ1v) is 11.7. The molecule has 0 aliphatic carbocycles. The molecule has 0 aliphatic rings. The zero-order valence-corrected chi connectivity index (χ0v) is 17.2. The Labute approximate surface area is 146 Å². The number of carbonyl (C=O) groups is 1. The molecule has 0 aliphatic heterocycles. The molecule has 5 heteroatoms. The first kappa shape index (κ1) is 22.6. The van der Waals surface area contributed by atoms with Gasteiger partial charge in [-0.2, -0.15) is 0 Å². The summed E-state index contributed by atoms with van der Waals surface area (Å²) in [5, 5.41) is 9.88. The highest BCUT2D eigenvalue weighted by molar-refractivity contribution is 6.57. The van der Waals surface area contributed by atoms with Gasteiger partial charge in [-0.1, -0.05) is 59.3 Å². The molecule has 0 spiro atoms. The number of amides is 1. The van der Waals surface area contributed by atoms with Crippen LogP contribution in [0.4, 0.5) is 0 Å². The van der Waals surface area contributed by atoms with E-state index in [0.717, 1.165) is 13.0 Å². The van der Waals surface area contributed by atoms with Crippen LogP contribution in [-0.2, 0) is 4.79 Å². The molecule has 1 amide bonds. The fraction of sp³-hybridized carbons (Fsp3) is 0.944. The Morgan fingerprint density at radius 2 is 1.65 bits per heavy atom. The highest BCUT2D eigenvalue weighted by atomic mass is 28.3. The molecule has 0 rings (SSSR count). The molecule has 138 valence electrons. The van der Waals surface area contributed by atoms with E-state index in [2.05, 4.69) is 31.1 Å². The summed E-state index contributed by atoms with van der Waals surface area (Å²) in [4.78, 5) is 14.0. The van der Waals surface area contributed by atoms with Crippen LogP contribution in [0.2, 0.25) is 5.54 Å². The summed E-state index contributed by atoms with van der Waals surface area (Å²) >= 11 is 0. The van der Waals surface area contributed by atoms with Crippen molar-refractivity contribution in [2.75, 3.05) is 6.54 Å². The summed E-state index contributed by atoms with van der Waals surface area (Å²) in [7, 11) is -1.61. The number of carbonyl (C=O) groups excluding carboxylic acids is 1. The van der Waals surface area contributed by atoms with E-state index < -0.39 is 9.12 Å². The summed E-state index contributed by atoms with van der Waals surface area (Å²) < 4.78 is 0. The van der Waals surface area contributed by atoms with Gasteiger partial charge in [0.15, 0.2) is 0 Å². The van der Waals surface area contributed by atoms with Crippen molar-refractivity contribution in [3.63, 3.8) is 0 Å². The second-order valence-electron chi connectivity index (χ2n) is 6.99. The van der Waals surface area contributed by atoms with Crippen LogP contribution in [0.1, 0.15) is 91.9 Å². The average molecular weight is 344 g/mol. The van der Waals surface area contributed by atoms with Gasteiger partial charge in [0.1, 0.15) is 0 Å². The van der Waals surface area contributed by atoms with Gasteiger partial charge < -0.3 is 15.7 Å². The van der Waals surface area contributed by atoms with Crippen molar-refractivity contribution in [3.05, 3.63) is 0 Å². The van der Waals surface area contributed by atoms with E-state index in [4.69, 9.17) is 5.40 Å². The van der Waals surface area contributed by atoms with Crippen molar-refractivity contribution in [2.45, 2.75) is 103 Å². The molecule has 3 atom stereocenters. The second-order valence-corrected chi connectivity index (χ2v) is 9.47. The van der Waals surface area contributed by atoms with Gasteiger partial charge in [-0.3, -0.25) is 4.79 Å². The Morgan fingerprint density at radius 3 is 2.26 bits per heavy atom. The lowest BCUT2D eigenvalue weighted by Gasteiger charge is -2.23. The van der Waals surface area contributed by atoms with Crippen LogP contribution in [0, 0.1) is 0 Å². The topological polar surface area (TPSA) is 67.2 Å². The minimum Gasteiger partial charge on any atom is -0.372 e. The predicted molar refractivity (Wildman–Crippen MR) is 104 cm³/mol. The van der Waals surface area contributed by atoms with Crippen molar-refractivity contribution in [1.82, 2.24) is 10.3 Å². The number of nitrogens with two attached hydrogens (primary N) is 1. The van der Waals surface area contributed by atoms with Crippen LogP contribution in [0.25, 0.3) is 0 Å². The Bertz CT molecular complexity index is 289. The largest absolute Gasteiger partial charge is 0.372 e. The van der Waals surface area contributed by atoms with Crippen LogP contribution in [0.3, 0.4) is 0 Å².